The van der Waals surface area contributed by atoms with E-state index in [9.17, 15) is 9.90 Å². The molecule has 0 bridgehead atoms. The average molecular weight is 236 g/mol. The Bertz CT molecular complexity index is 439. The van der Waals surface area contributed by atoms with E-state index in [2.05, 4.69) is 5.32 Å². The Morgan fingerprint density at radius 2 is 2.35 bits per heavy atom. The molecule has 1 aromatic carbocycles. The first-order valence-corrected chi connectivity index (χ1v) is 5.49. The van der Waals surface area contributed by atoms with Gasteiger partial charge in [-0.25, -0.2) is 0 Å². The van der Waals surface area contributed by atoms with E-state index in [-0.39, 0.29) is 18.3 Å². The van der Waals surface area contributed by atoms with Crippen molar-refractivity contribution in [3.8, 4) is 5.75 Å². The number of rotatable bonds is 2. The minimum absolute atomic E-state index is 0.0726. The number of ether oxygens (including phenoxy) is 1. The Labute approximate surface area is 99.6 Å². The lowest BCUT2D eigenvalue weighted by Gasteiger charge is -2.21. The van der Waals surface area contributed by atoms with Gasteiger partial charge in [0, 0.05) is 6.61 Å². The molecule has 2 rings (SSSR count). The third kappa shape index (κ3) is 2.25. The van der Waals surface area contributed by atoms with Crippen LogP contribution >= 0.6 is 0 Å². The number of anilines is 1. The second-order valence-electron chi connectivity index (χ2n) is 4.38. The maximum atomic E-state index is 12.0. The monoisotopic (exact) mass is 236 g/mol. The van der Waals surface area contributed by atoms with Crippen molar-refractivity contribution in [1.29, 1.82) is 0 Å². The Morgan fingerprint density at radius 1 is 1.59 bits per heavy atom. The van der Waals surface area contributed by atoms with E-state index in [1.54, 1.807) is 25.1 Å². The van der Waals surface area contributed by atoms with Crippen molar-refractivity contribution in [3.63, 3.8) is 0 Å². The molecule has 1 heterocycles. The minimum atomic E-state index is -0.990. The van der Waals surface area contributed by atoms with Gasteiger partial charge in [-0.05, 0) is 25.0 Å². The van der Waals surface area contributed by atoms with Crippen LogP contribution in [0.1, 0.15) is 12.0 Å². The summed E-state index contributed by atoms with van der Waals surface area (Å²) >= 11 is 0. The molecule has 0 saturated carbocycles. The topological polar surface area (TPSA) is 84.6 Å². The lowest BCUT2D eigenvalue weighted by Crippen LogP contribution is -2.51. The van der Waals surface area contributed by atoms with Crippen molar-refractivity contribution in [3.05, 3.63) is 23.8 Å². The summed E-state index contributed by atoms with van der Waals surface area (Å²) in [6.07, 6.45) is 0.491. The zero-order valence-electron chi connectivity index (χ0n) is 9.69. The summed E-state index contributed by atoms with van der Waals surface area (Å²) < 4.78 is 5.12. The van der Waals surface area contributed by atoms with Crippen molar-refractivity contribution in [2.24, 2.45) is 5.73 Å². The minimum Gasteiger partial charge on any atom is -0.505 e. The Morgan fingerprint density at radius 3 is 3.00 bits per heavy atom. The number of phenolic OH excluding ortho intramolecular Hbond substituents is 1. The molecule has 0 aromatic heterocycles. The molecule has 17 heavy (non-hydrogen) atoms. The predicted molar refractivity (Wildman–Crippen MR) is 63.8 cm³/mol. The van der Waals surface area contributed by atoms with Crippen LogP contribution in [0.5, 0.6) is 5.75 Å². The number of carbonyl (C=O) groups excluding carboxylic acids is 1. The summed E-state index contributed by atoms with van der Waals surface area (Å²) in [4.78, 5) is 12.0. The molecular weight excluding hydrogens is 220 g/mol. The van der Waals surface area contributed by atoms with Crippen LogP contribution in [0.4, 0.5) is 5.69 Å². The maximum absolute atomic E-state index is 12.0. The van der Waals surface area contributed by atoms with E-state index in [0.717, 1.165) is 0 Å². The Hall–Kier alpha value is -1.59. The quantitative estimate of drug-likeness (QED) is 0.662. The number of hydrogen-bond donors (Lipinski definition) is 3. The first-order valence-electron chi connectivity index (χ1n) is 5.49. The number of nitrogens with one attached hydrogen (secondary N) is 1. The van der Waals surface area contributed by atoms with Gasteiger partial charge in [0.1, 0.15) is 11.3 Å². The summed E-state index contributed by atoms with van der Waals surface area (Å²) in [5.74, 6) is -0.251. The predicted octanol–water partition coefficient (Wildman–Crippen LogP) is 0.757. The smallest absolute Gasteiger partial charge is 0.247 e. The van der Waals surface area contributed by atoms with Crippen molar-refractivity contribution >= 4 is 11.6 Å². The molecule has 5 heteroatoms. The first kappa shape index (κ1) is 11.9. The van der Waals surface area contributed by atoms with Crippen LogP contribution in [0.25, 0.3) is 0 Å². The molecule has 1 unspecified atom stereocenters. The summed E-state index contributed by atoms with van der Waals surface area (Å²) in [6, 6.07) is 5.17. The lowest BCUT2D eigenvalue weighted by atomic mass is 9.99. The van der Waals surface area contributed by atoms with Gasteiger partial charge in [-0.3, -0.25) is 4.79 Å². The molecule has 1 atom stereocenters. The van der Waals surface area contributed by atoms with E-state index in [1.165, 1.54) is 0 Å². The molecule has 1 aliphatic rings. The van der Waals surface area contributed by atoms with Gasteiger partial charge in [-0.1, -0.05) is 12.1 Å². The zero-order chi connectivity index (χ0) is 12.5. The highest BCUT2D eigenvalue weighted by Gasteiger charge is 2.38. The Balaban J connectivity index is 2.16. The van der Waals surface area contributed by atoms with Crippen LogP contribution in [-0.4, -0.2) is 29.8 Å². The molecule has 5 nitrogen and oxygen atoms in total. The molecule has 1 fully saturated rings. The largest absolute Gasteiger partial charge is 0.505 e. The summed E-state index contributed by atoms with van der Waals surface area (Å²) in [5.41, 5.74) is 6.02. The lowest BCUT2D eigenvalue weighted by molar-refractivity contribution is -0.121. The standard InChI is InChI=1S/C12H16N2O3/c1-8-3-2-4-9(10(8)15)14-11(16)12(13)5-6-17-7-12/h2-4,15H,5-7,13H2,1H3,(H,14,16). The second-order valence-corrected chi connectivity index (χ2v) is 4.38. The maximum Gasteiger partial charge on any atom is 0.247 e. The average Bonchev–Trinajstić information content (AvgIpc) is 2.73. The van der Waals surface area contributed by atoms with Gasteiger partial charge in [0.2, 0.25) is 5.91 Å². The van der Waals surface area contributed by atoms with Crippen molar-refractivity contribution < 1.29 is 14.6 Å². The number of nitrogens with two attached hydrogens (primary N) is 1. The molecule has 1 aromatic rings. The zero-order valence-corrected chi connectivity index (χ0v) is 9.69. The number of aryl methyl sites for hydroxylation is 1. The number of benzene rings is 1. The number of phenols is 1. The Kier molecular flexibility index (Phi) is 3.04. The first-order chi connectivity index (χ1) is 8.03. The van der Waals surface area contributed by atoms with E-state index in [4.69, 9.17) is 10.5 Å². The third-order valence-corrected chi connectivity index (χ3v) is 2.99. The molecule has 92 valence electrons. The summed E-state index contributed by atoms with van der Waals surface area (Å²) in [5, 5.41) is 12.4. The van der Waals surface area contributed by atoms with Crippen LogP contribution in [-0.2, 0) is 9.53 Å². The van der Waals surface area contributed by atoms with Crippen molar-refractivity contribution in [2.45, 2.75) is 18.9 Å². The third-order valence-electron chi connectivity index (χ3n) is 2.99. The number of hydrogen-bond acceptors (Lipinski definition) is 4. The number of carbonyl (C=O) groups is 1. The van der Waals surface area contributed by atoms with Gasteiger partial charge in [0.05, 0.1) is 12.3 Å². The summed E-state index contributed by atoms with van der Waals surface area (Å²) in [6.45, 7) is 2.47. The fourth-order valence-corrected chi connectivity index (χ4v) is 1.77. The number of amides is 1. The van der Waals surface area contributed by atoms with Crippen LogP contribution < -0.4 is 11.1 Å². The van der Waals surface area contributed by atoms with Gasteiger partial charge in [-0.15, -0.1) is 0 Å². The van der Waals surface area contributed by atoms with Gasteiger partial charge in [-0.2, -0.15) is 0 Å². The highest BCUT2D eigenvalue weighted by Crippen LogP contribution is 2.28. The van der Waals surface area contributed by atoms with Crippen molar-refractivity contribution in [1.82, 2.24) is 0 Å². The molecule has 0 spiro atoms. The normalized spacial score (nSPS) is 23.6. The van der Waals surface area contributed by atoms with E-state index < -0.39 is 5.54 Å². The molecule has 1 saturated heterocycles. The van der Waals surface area contributed by atoms with Crippen LogP contribution in [0.15, 0.2) is 18.2 Å². The van der Waals surface area contributed by atoms with Gasteiger partial charge in [0.15, 0.2) is 0 Å². The second kappa shape index (κ2) is 4.35. The van der Waals surface area contributed by atoms with E-state index >= 15 is 0 Å². The molecule has 1 amide bonds. The van der Waals surface area contributed by atoms with Gasteiger partial charge >= 0.3 is 0 Å². The number of aromatic hydroxyl groups is 1. The van der Waals surface area contributed by atoms with Crippen molar-refractivity contribution in [2.75, 3.05) is 18.5 Å². The molecule has 4 N–H and O–H groups in total. The van der Waals surface area contributed by atoms with Gasteiger partial charge in [0.25, 0.3) is 0 Å². The fourth-order valence-electron chi connectivity index (χ4n) is 1.77. The molecule has 0 radical (unpaired) electrons. The fraction of sp³-hybridized carbons (Fsp3) is 0.417. The summed E-state index contributed by atoms with van der Waals surface area (Å²) in [7, 11) is 0. The highest BCUT2D eigenvalue weighted by molar-refractivity contribution is 5.99. The van der Waals surface area contributed by atoms with Crippen LogP contribution in [0.3, 0.4) is 0 Å². The van der Waals surface area contributed by atoms with E-state index in [1.807, 2.05) is 0 Å². The molecular formula is C12H16N2O3. The molecule has 0 aliphatic carbocycles. The highest BCUT2D eigenvalue weighted by atomic mass is 16.5. The van der Waals surface area contributed by atoms with Crippen LogP contribution in [0, 0.1) is 6.92 Å². The van der Waals surface area contributed by atoms with Crippen LogP contribution in [0.2, 0.25) is 0 Å². The van der Waals surface area contributed by atoms with Gasteiger partial charge < -0.3 is 20.9 Å². The molecule has 1 aliphatic heterocycles. The number of para-hydroxylation sites is 1. The SMILES string of the molecule is Cc1cccc(NC(=O)C2(N)CCOC2)c1O. The van der Waals surface area contributed by atoms with E-state index in [0.29, 0.717) is 24.3 Å².